The van der Waals surface area contributed by atoms with Gasteiger partial charge in [-0.25, -0.2) is 8.37 Å². The van der Waals surface area contributed by atoms with Gasteiger partial charge in [0.15, 0.2) is 0 Å². The summed E-state index contributed by atoms with van der Waals surface area (Å²) in [4.78, 5) is 10.6. The van der Waals surface area contributed by atoms with E-state index in [0.717, 1.165) is 6.08 Å². The molecule has 7 heteroatoms. The molecule has 0 aliphatic rings. The van der Waals surface area contributed by atoms with Crippen molar-refractivity contribution in [2.24, 2.45) is 0 Å². The zero-order valence-corrected chi connectivity index (χ0v) is 8.67. The van der Waals surface area contributed by atoms with Gasteiger partial charge in [-0.1, -0.05) is 13.5 Å². The normalized spacial score (nSPS) is 10.9. The Morgan fingerprint density at radius 1 is 1.50 bits per heavy atom. The Morgan fingerprint density at radius 3 is 2.64 bits per heavy atom. The molecule has 0 aromatic heterocycles. The van der Waals surface area contributed by atoms with Gasteiger partial charge in [0.2, 0.25) is 5.91 Å². The highest BCUT2D eigenvalue weighted by molar-refractivity contribution is 7.81. The fraction of sp³-hybridized carbons (Fsp3) is 0.571. The molecule has 0 saturated carbocycles. The van der Waals surface area contributed by atoms with Gasteiger partial charge in [-0.3, -0.25) is 4.79 Å². The molecule has 0 fully saturated rings. The maximum absolute atomic E-state index is 10.8. The Bertz CT molecular complexity index is 284. The van der Waals surface area contributed by atoms with E-state index in [0.29, 0.717) is 6.42 Å². The van der Waals surface area contributed by atoms with Crippen LogP contribution < -0.4 is 5.32 Å². The smallest absolute Gasteiger partial charge is 0.328 e. The molecule has 0 spiro atoms. The van der Waals surface area contributed by atoms with Gasteiger partial charge in [0, 0.05) is 0 Å². The highest BCUT2D eigenvalue weighted by Crippen LogP contribution is 1.95. The largest absolute Gasteiger partial charge is 0.401 e. The molecule has 0 radical (unpaired) electrons. The lowest BCUT2D eigenvalue weighted by atomic mass is 10.5. The van der Waals surface area contributed by atoms with Gasteiger partial charge in [-0.2, -0.15) is 8.42 Å². The van der Waals surface area contributed by atoms with Crippen LogP contribution in [0.2, 0.25) is 0 Å². The summed E-state index contributed by atoms with van der Waals surface area (Å²) >= 11 is 0. The molecule has 82 valence electrons. The highest BCUT2D eigenvalue weighted by Gasteiger charge is 2.10. The lowest BCUT2D eigenvalue weighted by Crippen LogP contribution is -2.26. The number of rotatable bonds is 7. The van der Waals surface area contributed by atoms with E-state index in [1.54, 1.807) is 6.92 Å². The van der Waals surface area contributed by atoms with Crippen LogP contribution in [0.1, 0.15) is 13.3 Å². The van der Waals surface area contributed by atoms with Crippen molar-refractivity contribution >= 4 is 16.3 Å². The standard InChI is InChI=1S/C7H13NO5S/c1-3-5-12-14(10,11)13-6-8-7(9)4-2/h4H,2-3,5-6H2,1H3,(H,8,9). The van der Waals surface area contributed by atoms with Gasteiger partial charge in [-0.15, -0.1) is 0 Å². The summed E-state index contributed by atoms with van der Waals surface area (Å²) in [5.74, 6) is -0.518. The minimum atomic E-state index is -4.00. The zero-order chi connectivity index (χ0) is 11.0. The summed E-state index contributed by atoms with van der Waals surface area (Å²) in [5, 5.41) is 2.13. The van der Waals surface area contributed by atoms with Crippen LogP contribution in [-0.2, 0) is 23.6 Å². The van der Waals surface area contributed by atoms with E-state index in [2.05, 4.69) is 20.3 Å². The van der Waals surface area contributed by atoms with Crippen molar-refractivity contribution in [1.29, 1.82) is 0 Å². The SMILES string of the molecule is C=CC(=O)NCOS(=O)(=O)OCCC. The van der Waals surface area contributed by atoms with Crippen LogP contribution in [-0.4, -0.2) is 27.7 Å². The minimum absolute atomic E-state index is 0.0533. The third-order valence-corrected chi connectivity index (χ3v) is 1.93. The Balaban J connectivity index is 3.76. The Hall–Kier alpha value is -0.920. The third-order valence-electron chi connectivity index (χ3n) is 1.07. The Labute approximate surface area is 83.2 Å². The molecule has 6 nitrogen and oxygen atoms in total. The molecule has 0 aliphatic heterocycles. The summed E-state index contributed by atoms with van der Waals surface area (Å²) in [6.45, 7) is 4.53. The first-order valence-electron chi connectivity index (χ1n) is 3.96. The molecule has 1 amide bonds. The minimum Gasteiger partial charge on any atom is -0.328 e. The number of amides is 1. The topological polar surface area (TPSA) is 81.7 Å². The van der Waals surface area contributed by atoms with Crippen LogP contribution in [0, 0.1) is 0 Å². The van der Waals surface area contributed by atoms with E-state index in [-0.39, 0.29) is 6.61 Å². The van der Waals surface area contributed by atoms with E-state index in [1.165, 1.54) is 0 Å². The second-order valence-corrected chi connectivity index (χ2v) is 3.53. The average molecular weight is 223 g/mol. The summed E-state index contributed by atoms with van der Waals surface area (Å²) in [7, 11) is -4.00. The molecule has 1 N–H and O–H groups in total. The molecule has 0 saturated heterocycles. The number of hydrogen-bond donors (Lipinski definition) is 1. The number of carbonyl (C=O) groups is 1. The van der Waals surface area contributed by atoms with Gasteiger partial charge >= 0.3 is 10.4 Å². The summed E-state index contributed by atoms with van der Waals surface area (Å²) in [5.41, 5.74) is 0. The quantitative estimate of drug-likeness (QED) is 0.482. The molecular weight excluding hydrogens is 210 g/mol. The van der Waals surface area contributed by atoms with Crippen molar-refractivity contribution in [1.82, 2.24) is 5.32 Å². The molecule has 0 unspecified atom stereocenters. The lowest BCUT2D eigenvalue weighted by Gasteiger charge is -2.04. The van der Waals surface area contributed by atoms with Crippen molar-refractivity contribution in [3.63, 3.8) is 0 Å². The molecular formula is C7H13NO5S. The third kappa shape index (κ3) is 6.58. The van der Waals surface area contributed by atoms with Crippen LogP contribution >= 0.6 is 0 Å². The number of nitrogens with one attached hydrogen (secondary N) is 1. The molecule has 0 aromatic carbocycles. The van der Waals surface area contributed by atoms with Crippen LogP contribution in [0.4, 0.5) is 0 Å². The Kier molecular flexibility index (Phi) is 6.09. The van der Waals surface area contributed by atoms with Crippen molar-refractivity contribution in [2.75, 3.05) is 13.3 Å². The molecule has 0 bridgehead atoms. The first-order chi connectivity index (χ1) is 6.52. The summed E-state index contributed by atoms with van der Waals surface area (Å²) in [6, 6.07) is 0. The van der Waals surface area contributed by atoms with Gasteiger partial charge in [0.1, 0.15) is 6.73 Å². The monoisotopic (exact) mass is 223 g/mol. The van der Waals surface area contributed by atoms with Crippen LogP contribution in [0.5, 0.6) is 0 Å². The number of hydrogen-bond acceptors (Lipinski definition) is 5. The van der Waals surface area contributed by atoms with E-state index in [9.17, 15) is 13.2 Å². The van der Waals surface area contributed by atoms with Crippen molar-refractivity contribution in [3.8, 4) is 0 Å². The maximum Gasteiger partial charge on any atom is 0.401 e. The van der Waals surface area contributed by atoms with Gasteiger partial charge in [0.05, 0.1) is 6.61 Å². The molecule has 0 aliphatic carbocycles. The zero-order valence-electron chi connectivity index (χ0n) is 7.86. The second-order valence-electron chi connectivity index (χ2n) is 2.24. The molecule has 0 heterocycles. The first-order valence-corrected chi connectivity index (χ1v) is 5.29. The van der Waals surface area contributed by atoms with Crippen molar-refractivity contribution < 1.29 is 21.6 Å². The fourth-order valence-corrected chi connectivity index (χ4v) is 1.11. The van der Waals surface area contributed by atoms with Gasteiger partial charge < -0.3 is 5.32 Å². The molecule has 0 rings (SSSR count). The van der Waals surface area contributed by atoms with Gasteiger partial charge in [0.25, 0.3) is 0 Å². The summed E-state index contributed by atoms with van der Waals surface area (Å²) < 4.78 is 30.3. The van der Waals surface area contributed by atoms with E-state index < -0.39 is 23.0 Å². The van der Waals surface area contributed by atoms with Gasteiger partial charge in [-0.05, 0) is 12.5 Å². The number of carbonyl (C=O) groups excluding carboxylic acids is 1. The van der Waals surface area contributed by atoms with E-state index >= 15 is 0 Å². The van der Waals surface area contributed by atoms with Crippen LogP contribution in [0.3, 0.4) is 0 Å². The summed E-state index contributed by atoms with van der Waals surface area (Å²) in [6.07, 6.45) is 1.56. The second kappa shape index (κ2) is 6.52. The van der Waals surface area contributed by atoms with E-state index in [1.807, 2.05) is 0 Å². The van der Waals surface area contributed by atoms with Crippen molar-refractivity contribution in [3.05, 3.63) is 12.7 Å². The molecule has 0 atom stereocenters. The predicted molar refractivity (Wildman–Crippen MR) is 49.5 cm³/mol. The lowest BCUT2D eigenvalue weighted by molar-refractivity contribution is -0.117. The predicted octanol–water partition coefficient (Wildman–Crippen LogP) is -0.0659. The Morgan fingerprint density at radius 2 is 2.14 bits per heavy atom. The maximum atomic E-state index is 10.8. The van der Waals surface area contributed by atoms with Crippen LogP contribution in [0.15, 0.2) is 12.7 Å². The molecule has 14 heavy (non-hydrogen) atoms. The van der Waals surface area contributed by atoms with E-state index in [4.69, 9.17) is 0 Å². The van der Waals surface area contributed by atoms with Crippen LogP contribution in [0.25, 0.3) is 0 Å². The highest BCUT2D eigenvalue weighted by atomic mass is 32.3. The van der Waals surface area contributed by atoms with Crippen molar-refractivity contribution in [2.45, 2.75) is 13.3 Å². The first kappa shape index (κ1) is 13.1. The average Bonchev–Trinajstić information content (AvgIpc) is 2.14. The fourth-order valence-electron chi connectivity index (χ4n) is 0.464. The molecule has 0 aromatic rings.